The summed E-state index contributed by atoms with van der Waals surface area (Å²) in [6, 6.07) is 5.01. The summed E-state index contributed by atoms with van der Waals surface area (Å²) >= 11 is 0. The Labute approximate surface area is 119 Å². The fourth-order valence-corrected chi connectivity index (χ4v) is 2.71. The van der Waals surface area contributed by atoms with Crippen molar-refractivity contribution in [2.24, 2.45) is 0 Å². The van der Waals surface area contributed by atoms with Crippen LogP contribution in [0, 0.1) is 5.82 Å². The fourth-order valence-electron chi connectivity index (χ4n) is 2.71. The Kier molecular flexibility index (Phi) is 5.76. The van der Waals surface area contributed by atoms with Crippen molar-refractivity contribution in [1.29, 1.82) is 0 Å². The largest absolute Gasteiger partial charge is 0.496 e. The standard InChI is InChI=1S/C15H23FN2O2/c1-20-15-5-4-13(16)9-12(15)10-18(7-8-19)11-14-3-2-6-17-14/h4-5,9,14,17,19H,2-3,6-8,10-11H2,1H3. The van der Waals surface area contributed by atoms with E-state index in [0.717, 1.165) is 25.1 Å². The number of nitrogens with zero attached hydrogens (tertiary/aromatic N) is 1. The minimum absolute atomic E-state index is 0.102. The van der Waals surface area contributed by atoms with Gasteiger partial charge in [-0.05, 0) is 37.6 Å². The van der Waals surface area contributed by atoms with Crippen molar-refractivity contribution in [3.63, 3.8) is 0 Å². The van der Waals surface area contributed by atoms with Crippen LogP contribution in [0.3, 0.4) is 0 Å². The molecule has 1 heterocycles. The van der Waals surface area contributed by atoms with Crippen LogP contribution in [-0.4, -0.2) is 49.4 Å². The molecule has 1 saturated heterocycles. The van der Waals surface area contributed by atoms with Gasteiger partial charge in [0.25, 0.3) is 0 Å². The zero-order chi connectivity index (χ0) is 14.4. The van der Waals surface area contributed by atoms with Crippen molar-refractivity contribution in [2.75, 3.05) is 33.4 Å². The molecule has 1 unspecified atom stereocenters. The summed E-state index contributed by atoms with van der Waals surface area (Å²) < 4.78 is 18.7. The van der Waals surface area contributed by atoms with Gasteiger partial charge in [0.1, 0.15) is 11.6 Å². The zero-order valence-electron chi connectivity index (χ0n) is 11.9. The lowest BCUT2D eigenvalue weighted by Gasteiger charge is -2.25. The van der Waals surface area contributed by atoms with Crippen molar-refractivity contribution >= 4 is 0 Å². The summed E-state index contributed by atoms with van der Waals surface area (Å²) in [5.74, 6) is 0.428. The monoisotopic (exact) mass is 282 g/mol. The summed E-state index contributed by atoms with van der Waals surface area (Å²) in [4.78, 5) is 2.14. The Hall–Kier alpha value is -1.17. The Balaban J connectivity index is 2.04. The number of ether oxygens (including phenoxy) is 1. The van der Waals surface area contributed by atoms with Crippen molar-refractivity contribution in [3.05, 3.63) is 29.6 Å². The third kappa shape index (κ3) is 4.16. The van der Waals surface area contributed by atoms with Crippen LogP contribution in [0.1, 0.15) is 18.4 Å². The molecule has 1 aliphatic heterocycles. The van der Waals surface area contributed by atoms with Crippen molar-refractivity contribution in [2.45, 2.75) is 25.4 Å². The van der Waals surface area contributed by atoms with Crippen LogP contribution >= 0.6 is 0 Å². The quantitative estimate of drug-likeness (QED) is 0.793. The molecule has 0 bridgehead atoms. The molecule has 1 aromatic carbocycles. The number of nitrogens with one attached hydrogen (secondary N) is 1. The first kappa shape index (κ1) is 15.2. The first-order chi connectivity index (χ1) is 9.72. The van der Waals surface area contributed by atoms with Gasteiger partial charge in [-0.3, -0.25) is 4.90 Å². The number of aliphatic hydroxyl groups is 1. The SMILES string of the molecule is COc1ccc(F)cc1CN(CCO)CC1CCCN1. The first-order valence-electron chi connectivity index (χ1n) is 7.12. The normalized spacial score (nSPS) is 18.7. The van der Waals surface area contributed by atoms with Crippen molar-refractivity contribution in [3.8, 4) is 5.75 Å². The maximum Gasteiger partial charge on any atom is 0.123 e. The van der Waals surface area contributed by atoms with Gasteiger partial charge in [0.2, 0.25) is 0 Å². The number of halogens is 1. The van der Waals surface area contributed by atoms with E-state index in [2.05, 4.69) is 10.2 Å². The van der Waals surface area contributed by atoms with E-state index in [4.69, 9.17) is 4.74 Å². The number of aliphatic hydroxyl groups excluding tert-OH is 1. The number of hydrogen-bond donors (Lipinski definition) is 2. The first-order valence-corrected chi connectivity index (χ1v) is 7.12. The highest BCUT2D eigenvalue weighted by molar-refractivity contribution is 5.33. The highest BCUT2D eigenvalue weighted by Gasteiger charge is 2.19. The summed E-state index contributed by atoms with van der Waals surface area (Å²) in [6.07, 6.45) is 2.35. The van der Waals surface area contributed by atoms with Gasteiger partial charge in [0.05, 0.1) is 13.7 Å². The van der Waals surface area contributed by atoms with Crippen LogP contribution in [0.2, 0.25) is 0 Å². The second kappa shape index (κ2) is 7.57. The summed E-state index contributed by atoms with van der Waals surface area (Å²) in [5.41, 5.74) is 0.818. The number of hydrogen-bond acceptors (Lipinski definition) is 4. The molecule has 1 aromatic rings. The van der Waals surface area contributed by atoms with Crippen LogP contribution in [0.25, 0.3) is 0 Å². The van der Waals surface area contributed by atoms with Crippen LogP contribution in [0.4, 0.5) is 4.39 Å². The van der Waals surface area contributed by atoms with Crippen LogP contribution in [0.15, 0.2) is 18.2 Å². The summed E-state index contributed by atoms with van der Waals surface area (Å²) in [6.45, 7) is 3.18. The van der Waals surface area contributed by atoms with Crippen molar-refractivity contribution < 1.29 is 14.2 Å². The van der Waals surface area contributed by atoms with Gasteiger partial charge in [0, 0.05) is 31.2 Å². The van der Waals surface area contributed by atoms with E-state index in [0.29, 0.717) is 24.9 Å². The van der Waals surface area contributed by atoms with Gasteiger partial charge >= 0.3 is 0 Å². The lowest BCUT2D eigenvalue weighted by Crippen LogP contribution is -2.38. The van der Waals surface area contributed by atoms with E-state index in [-0.39, 0.29) is 12.4 Å². The molecule has 1 fully saturated rings. The van der Waals surface area contributed by atoms with E-state index < -0.39 is 0 Å². The average molecular weight is 282 g/mol. The lowest BCUT2D eigenvalue weighted by molar-refractivity contribution is 0.177. The predicted molar refractivity (Wildman–Crippen MR) is 76.3 cm³/mol. The van der Waals surface area contributed by atoms with Gasteiger partial charge in [0.15, 0.2) is 0 Å². The molecule has 4 nitrogen and oxygen atoms in total. The third-order valence-electron chi connectivity index (χ3n) is 3.69. The van der Waals surface area contributed by atoms with E-state index in [9.17, 15) is 9.50 Å². The maximum absolute atomic E-state index is 13.4. The van der Waals surface area contributed by atoms with Crippen molar-refractivity contribution in [1.82, 2.24) is 10.2 Å². The average Bonchev–Trinajstić information content (AvgIpc) is 2.92. The molecular formula is C15H23FN2O2. The van der Waals surface area contributed by atoms with E-state index in [1.54, 1.807) is 13.2 Å². The zero-order valence-corrected chi connectivity index (χ0v) is 11.9. The minimum atomic E-state index is -0.260. The molecule has 0 amide bonds. The van der Waals surface area contributed by atoms with Crippen LogP contribution in [-0.2, 0) is 6.54 Å². The number of benzene rings is 1. The third-order valence-corrected chi connectivity index (χ3v) is 3.69. The minimum Gasteiger partial charge on any atom is -0.496 e. The molecule has 0 aliphatic carbocycles. The Morgan fingerprint density at radius 3 is 3.00 bits per heavy atom. The second-order valence-electron chi connectivity index (χ2n) is 5.21. The molecule has 1 atom stereocenters. The van der Waals surface area contributed by atoms with Gasteiger partial charge in [-0.2, -0.15) is 0 Å². The maximum atomic E-state index is 13.4. The Bertz CT molecular complexity index is 422. The highest BCUT2D eigenvalue weighted by atomic mass is 19.1. The smallest absolute Gasteiger partial charge is 0.123 e. The predicted octanol–water partition coefficient (Wildman–Crippen LogP) is 1.38. The van der Waals surface area contributed by atoms with Gasteiger partial charge in [-0.25, -0.2) is 4.39 Å². The number of methoxy groups -OCH3 is 1. The molecule has 0 saturated carbocycles. The molecule has 0 aromatic heterocycles. The fraction of sp³-hybridized carbons (Fsp3) is 0.600. The summed E-state index contributed by atoms with van der Waals surface area (Å²) in [5, 5.41) is 12.6. The Morgan fingerprint density at radius 1 is 1.50 bits per heavy atom. The molecule has 5 heteroatoms. The molecule has 1 aliphatic rings. The molecule has 0 spiro atoms. The molecule has 0 radical (unpaired) electrons. The van der Waals surface area contributed by atoms with E-state index in [1.807, 2.05) is 0 Å². The molecule has 20 heavy (non-hydrogen) atoms. The van der Waals surface area contributed by atoms with Gasteiger partial charge in [-0.15, -0.1) is 0 Å². The summed E-state index contributed by atoms with van der Waals surface area (Å²) in [7, 11) is 1.59. The Morgan fingerprint density at radius 2 is 2.35 bits per heavy atom. The van der Waals surface area contributed by atoms with E-state index in [1.165, 1.54) is 18.6 Å². The van der Waals surface area contributed by atoms with E-state index >= 15 is 0 Å². The lowest BCUT2D eigenvalue weighted by atomic mass is 10.1. The topological polar surface area (TPSA) is 44.7 Å². The van der Waals surface area contributed by atoms with Gasteiger partial charge < -0.3 is 15.2 Å². The molecule has 2 rings (SSSR count). The molecule has 112 valence electrons. The highest BCUT2D eigenvalue weighted by Crippen LogP contribution is 2.21. The second-order valence-corrected chi connectivity index (χ2v) is 5.21. The van der Waals surface area contributed by atoms with Crippen LogP contribution < -0.4 is 10.1 Å². The van der Waals surface area contributed by atoms with Crippen LogP contribution in [0.5, 0.6) is 5.75 Å². The van der Waals surface area contributed by atoms with Gasteiger partial charge in [-0.1, -0.05) is 0 Å². The molecular weight excluding hydrogens is 259 g/mol. The number of rotatable bonds is 7. The molecule has 2 N–H and O–H groups in total.